The van der Waals surface area contributed by atoms with Crippen molar-refractivity contribution < 1.29 is 23.4 Å². The van der Waals surface area contributed by atoms with Gasteiger partial charge in [0.25, 0.3) is 0 Å². The Morgan fingerprint density at radius 2 is 2.12 bits per heavy atom. The molecule has 0 bridgehead atoms. The zero-order valence-corrected chi connectivity index (χ0v) is 9.79. The lowest BCUT2D eigenvalue weighted by molar-refractivity contribution is -0.0464. The maximum Gasteiger partial charge on any atom is 0.340 e. The van der Waals surface area contributed by atoms with Crippen LogP contribution in [0.1, 0.15) is 22.2 Å². The van der Waals surface area contributed by atoms with E-state index in [4.69, 9.17) is 21.1 Å². The summed E-state index contributed by atoms with van der Waals surface area (Å²) in [6.45, 7) is 0.728. The van der Waals surface area contributed by atoms with Crippen LogP contribution in [0.25, 0.3) is 0 Å². The van der Waals surface area contributed by atoms with Gasteiger partial charge >= 0.3 is 5.97 Å². The molecular formula is C11H10ClFO4. The minimum atomic E-state index is -0.868. The standard InChI is InChI=1S/C11H10ClFO4/c1-15-10(14)6-2-3-7(12)8(9(6)13)11-16-4-5-17-11/h2-3,11H,4-5H2,1H3. The Morgan fingerprint density at radius 1 is 1.47 bits per heavy atom. The highest BCUT2D eigenvalue weighted by Crippen LogP contribution is 2.33. The van der Waals surface area contributed by atoms with Crippen LogP contribution in [0.5, 0.6) is 0 Å². The van der Waals surface area contributed by atoms with Gasteiger partial charge in [-0.3, -0.25) is 0 Å². The molecular weight excluding hydrogens is 251 g/mol. The van der Waals surface area contributed by atoms with Crippen LogP contribution in [0.2, 0.25) is 5.02 Å². The van der Waals surface area contributed by atoms with E-state index in [1.165, 1.54) is 19.2 Å². The molecule has 6 heteroatoms. The average Bonchev–Trinajstić information content (AvgIpc) is 2.82. The highest BCUT2D eigenvalue weighted by molar-refractivity contribution is 6.31. The lowest BCUT2D eigenvalue weighted by atomic mass is 10.1. The molecule has 0 atom stereocenters. The van der Waals surface area contributed by atoms with E-state index >= 15 is 0 Å². The average molecular weight is 261 g/mol. The minimum absolute atomic E-state index is 0.0343. The predicted octanol–water partition coefficient (Wildman–Crippen LogP) is 2.31. The Bertz CT molecular complexity index is 443. The second-order valence-corrected chi connectivity index (χ2v) is 3.79. The fourth-order valence-electron chi connectivity index (χ4n) is 1.58. The normalized spacial score (nSPS) is 16.2. The summed E-state index contributed by atoms with van der Waals surface area (Å²) < 4.78 is 28.9. The molecule has 1 fully saturated rings. The lowest BCUT2D eigenvalue weighted by Gasteiger charge is -2.14. The maximum absolute atomic E-state index is 14.1. The molecule has 0 N–H and O–H groups in total. The van der Waals surface area contributed by atoms with E-state index in [1.807, 2.05) is 0 Å². The first kappa shape index (κ1) is 12.3. The van der Waals surface area contributed by atoms with Gasteiger partial charge in [-0.1, -0.05) is 11.6 Å². The van der Waals surface area contributed by atoms with Gasteiger partial charge in [-0.25, -0.2) is 9.18 Å². The molecule has 92 valence electrons. The van der Waals surface area contributed by atoms with E-state index in [1.54, 1.807) is 0 Å². The van der Waals surface area contributed by atoms with Crippen LogP contribution in [0.3, 0.4) is 0 Å². The van der Waals surface area contributed by atoms with E-state index in [0.29, 0.717) is 13.2 Å². The Labute approximate surface area is 102 Å². The summed E-state index contributed by atoms with van der Waals surface area (Å²) in [5, 5.41) is 0.155. The summed E-state index contributed by atoms with van der Waals surface area (Å²) in [7, 11) is 1.18. The number of halogens is 2. The number of benzene rings is 1. The molecule has 1 aliphatic heterocycles. The fraction of sp³-hybridized carbons (Fsp3) is 0.364. The quantitative estimate of drug-likeness (QED) is 0.766. The number of hydrogen-bond donors (Lipinski definition) is 0. The van der Waals surface area contributed by atoms with E-state index in [-0.39, 0.29) is 16.1 Å². The molecule has 0 aliphatic carbocycles. The van der Waals surface area contributed by atoms with E-state index < -0.39 is 18.1 Å². The van der Waals surface area contributed by atoms with Gasteiger partial charge in [0, 0.05) is 0 Å². The smallest absolute Gasteiger partial charge is 0.340 e. The van der Waals surface area contributed by atoms with Crippen LogP contribution >= 0.6 is 11.6 Å². The number of carbonyl (C=O) groups is 1. The van der Waals surface area contributed by atoms with Crippen LogP contribution in [-0.4, -0.2) is 26.3 Å². The Morgan fingerprint density at radius 3 is 2.71 bits per heavy atom. The second-order valence-electron chi connectivity index (χ2n) is 3.39. The second kappa shape index (κ2) is 5.00. The highest BCUT2D eigenvalue weighted by Gasteiger charge is 2.28. The van der Waals surface area contributed by atoms with Crippen molar-refractivity contribution in [3.8, 4) is 0 Å². The SMILES string of the molecule is COC(=O)c1ccc(Cl)c(C2OCCO2)c1F. The largest absolute Gasteiger partial charge is 0.465 e. The summed E-state index contributed by atoms with van der Waals surface area (Å²) in [6, 6.07) is 2.68. The zero-order chi connectivity index (χ0) is 12.4. The van der Waals surface area contributed by atoms with Crippen LogP contribution < -0.4 is 0 Å². The molecule has 1 saturated heterocycles. The van der Waals surface area contributed by atoms with Gasteiger partial charge in [-0.05, 0) is 12.1 Å². The molecule has 0 saturated carbocycles. The van der Waals surface area contributed by atoms with Crippen molar-refractivity contribution in [1.82, 2.24) is 0 Å². The first-order chi connectivity index (χ1) is 8.15. The van der Waals surface area contributed by atoms with Crippen LogP contribution in [-0.2, 0) is 14.2 Å². The van der Waals surface area contributed by atoms with Crippen molar-refractivity contribution in [3.63, 3.8) is 0 Å². The Kier molecular flexibility index (Phi) is 3.61. The molecule has 0 amide bonds. The first-order valence-corrected chi connectivity index (χ1v) is 5.32. The molecule has 0 aromatic heterocycles. The van der Waals surface area contributed by atoms with Crippen molar-refractivity contribution in [3.05, 3.63) is 34.1 Å². The number of rotatable bonds is 2. The third kappa shape index (κ3) is 2.26. The van der Waals surface area contributed by atoms with Crippen LogP contribution in [0.4, 0.5) is 4.39 Å². The highest BCUT2D eigenvalue weighted by atomic mass is 35.5. The molecule has 1 aromatic rings. The molecule has 17 heavy (non-hydrogen) atoms. The third-order valence-electron chi connectivity index (χ3n) is 2.39. The number of hydrogen-bond acceptors (Lipinski definition) is 4. The van der Waals surface area contributed by atoms with Crippen molar-refractivity contribution in [2.75, 3.05) is 20.3 Å². The first-order valence-electron chi connectivity index (χ1n) is 4.94. The van der Waals surface area contributed by atoms with Crippen molar-refractivity contribution in [2.24, 2.45) is 0 Å². The number of carbonyl (C=O) groups excluding carboxylic acids is 1. The summed E-state index contributed by atoms with van der Waals surface area (Å²) in [5.41, 5.74) is -0.155. The monoisotopic (exact) mass is 260 g/mol. The van der Waals surface area contributed by atoms with Gasteiger partial charge in [0.2, 0.25) is 0 Å². The van der Waals surface area contributed by atoms with Crippen LogP contribution in [0, 0.1) is 5.82 Å². The number of ether oxygens (including phenoxy) is 3. The lowest BCUT2D eigenvalue weighted by Crippen LogP contribution is -2.10. The van der Waals surface area contributed by atoms with Gasteiger partial charge in [0.05, 0.1) is 36.5 Å². The number of esters is 1. The third-order valence-corrected chi connectivity index (χ3v) is 2.72. The fourth-order valence-corrected chi connectivity index (χ4v) is 1.81. The molecule has 0 radical (unpaired) electrons. The predicted molar refractivity (Wildman–Crippen MR) is 57.4 cm³/mol. The van der Waals surface area contributed by atoms with Gasteiger partial charge in [0.1, 0.15) is 5.82 Å². The van der Waals surface area contributed by atoms with E-state index in [0.717, 1.165) is 0 Å². The van der Waals surface area contributed by atoms with Crippen LogP contribution in [0.15, 0.2) is 12.1 Å². The van der Waals surface area contributed by atoms with Gasteiger partial charge < -0.3 is 14.2 Å². The topological polar surface area (TPSA) is 44.8 Å². The van der Waals surface area contributed by atoms with Gasteiger partial charge in [-0.2, -0.15) is 0 Å². The van der Waals surface area contributed by atoms with Gasteiger partial charge in [-0.15, -0.1) is 0 Å². The van der Waals surface area contributed by atoms with Crippen molar-refractivity contribution in [2.45, 2.75) is 6.29 Å². The number of methoxy groups -OCH3 is 1. The molecule has 0 spiro atoms. The van der Waals surface area contributed by atoms with Gasteiger partial charge in [0.15, 0.2) is 6.29 Å². The van der Waals surface area contributed by atoms with Crippen molar-refractivity contribution in [1.29, 1.82) is 0 Å². The minimum Gasteiger partial charge on any atom is -0.465 e. The molecule has 1 aliphatic rings. The molecule has 1 heterocycles. The molecule has 1 aromatic carbocycles. The van der Waals surface area contributed by atoms with E-state index in [9.17, 15) is 9.18 Å². The molecule has 2 rings (SSSR count). The maximum atomic E-state index is 14.1. The van der Waals surface area contributed by atoms with Crippen molar-refractivity contribution >= 4 is 17.6 Å². The summed E-state index contributed by atoms with van der Waals surface area (Å²) in [6.07, 6.45) is -0.868. The van der Waals surface area contributed by atoms with E-state index in [2.05, 4.69) is 4.74 Å². The zero-order valence-electron chi connectivity index (χ0n) is 9.04. The summed E-state index contributed by atoms with van der Waals surface area (Å²) >= 11 is 5.88. The Balaban J connectivity index is 2.46. The summed E-state index contributed by atoms with van der Waals surface area (Å²) in [4.78, 5) is 11.3. The Hall–Kier alpha value is -1.17. The molecule has 0 unspecified atom stereocenters. The molecule has 4 nitrogen and oxygen atoms in total. The summed E-state index contributed by atoms with van der Waals surface area (Å²) in [5.74, 6) is -1.53.